The fourth-order valence-corrected chi connectivity index (χ4v) is 5.10. The largest absolute Gasteiger partial charge is 0.503 e. The van der Waals surface area contributed by atoms with Crippen molar-refractivity contribution in [3.63, 3.8) is 0 Å². The molecule has 0 saturated heterocycles. The molecule has 2 aromatic carbocycles. The Kier molecular flexibility index (Phi) is 4.83. The number of carbonyl (C=O) groups excluding carboxylic acids is 2. The fraction of sp³-hybridized carbons (Fsp3) is 0.120. The number of hydrogen-bond acceptors (Lipinski definition) is 6. The van der Waals surface area contributed by atoms with E-state index in [9.17, 15) is 14.7 Å². The second-order valence-electron chi connectivity index (χ2n) is 7.60. The molecule has 0 radical (unpaired) electrons. The van der Waals surface area contributed by atoms with Crippen molar-refractivity contribution in [1.82, 2.24) is 9.97 Å². The summed E-state index contributed by atoms with van der Waals surface area (Å²) in [5.41, 5.74) is 1.88. The van der Waals surface area contributed by atoms with Gasteiger partial charge in [0, 0.05) is 17.8 Å². The molecule has 1 amide bonds. The molecule has 7 heteroatoms. The highest BCUT2D eigenvalue weighted by Gasteiger charge is 2.45. The Hall–Kier alpha value is -3.84. The number of fused-ring (bicyclic) bond motifs is 1. The number of aliphatic hydroxyl groups excluding tert-OH is 1. The Labute approximate surface area is 188 Å². The van der Waals surface area contributed by atoms with E-state index >= 15 is 0 Å². The number of aromatic nitrogens is 2. The molecule has 0 spiro atoms. The van der Waals surface area contributed by atoms with E-state index < -0.39 is 23.5 Å². The zero-order chi connectivity index (χ0) is 22.4. The molecule has 3 heterocycles. The number of aryl methyl sites for hydroxylation is 2. The molecule has 1 aliphatic heterocycles. The number of amides is 1. The third-order valence-electron chi connectivity index (χ3n) is 5.59. The van der Waals surface area contributed by atoms with Gasteiger partial charge in [0.1, 0.15) is 0 Å². The monoisotopic (exact) mass is 441 g/mol. The number of anilines is 1. The maximum Gasteiger partial charge on any atom is 0.294 e. The molecule has 1 unspecified atom stereocenters. The van der Waals surface area contributed by atoms with Gasteiger partial charge in [-0.15, -0.1) is 11.3 Å². The van der Waals surface area contributed by atoms with Crippen molar-refractivity contribution in [3.05, 3.63) is 99.5 Å². The van der Waals surface area contributed by atoms with E-state index in [0.29, 0.717) is 21.8 Å². The molecule has 0 bridgehead atoms. The van der Waals surface area contributed by atoms with Crippen LogP contribution < -0.4 is 4.90 Å². The number of benzene rings is 2. The van der Waals surface area contributed by atoms with Crippen molar-refractivity contribution in [2.75, 3.05) is 4.90 Å². The lowest BCUT2D eigenvalue weighted by molar-refractivity contribution is -0.117. The summed E-state index contributed by atoms with van der Waals surface area (Å²) in [7, 11) is 0. The third-order valence-corrected chi connectivity index (χ3v) is 6.66. The number of pyridine rings is 1. The number of hydrogen-bond donors (Lipinski definition) is 1. The number of nitrogens with zero attached hydrogens (tertiary/aromatic N) is 3. The highest BCUT2D eigenvalue weighted by molar-refractivity contribution is 7.14. The van der Waals surface area contributed by atoms with Crippen LogP contribution in [0.25, 0.3) is 10.8 Å². The molecule has 0 aliphatic carbocycles. The van der Waals surface area contributed by atoms with E-state index in [0.717, 1.165) is 15.8 Å². The van der Waals surface area contributed by atoms with Crippen molar-refractivity contribution in [2.45, 2.75) is 19.9 Å². The quantitative estimate of drug-likeness (QED) is 0.446. The van der Waals surface area contributed by atoms with Gasteiger partial charge in [-0.05, 0) is 36.9 Å². The van der Waals surface area contributed by atoms with Crippen LogP contribution in [-0.4, -0.2) is 26.8 Å². The first-order chi connectivity index (χ1) is 15.5. The standard InChI is InChI=1S/C25H19N3O3S/c1-14-24(32-15(2)27-14)22(29)20-21(17-9-6-12-26-13-17)28(25(31)23(20)30)19-11-5-8-16-7-3-4-10-18(16)19/h3-13,21,30H,1-2H3. The van der Waals surface area contributed by atoms with Crippen LogP contribution >= 0.6 is 11.3 Å². The zero-order valence-corrected chi connectivity index (χ0v) is 18.3. The van der Waals surface area contributed by atoms with Crippen molar-refractivity contribution in [1.29, 1.82) is 0 Å². The minimum absolute atomic E-state index is 0.0442. The van der Waals surface area contributed by atoms with Crippen LogP contribution in [-0.2, 0) is 4.79 Å². The minimum Gasteiger partial charge on any atom is -0.503 e. The van der Waals surface area contributed by atoms with Gasteiger partial charge in [-0.2, -0.15) is 0 Å². The number of aliphatic hydroxyl groups is 1. The summed E-state index contributed by atoms with van der Waals surface area (Å²) in [6.07, 6.45) is 3.25. The number of Topliss-reactive ketones (excluding diaryl/α,β-unsaturated/α-hetero) is 1. The Morgan fingerprint density at radius 2 is 1.84 bits per heavy atom. The lowest BCUT2D eigenvalue weighted by Crippen LogP contribution is -2.31. The maximum atomic E-state index is 13.6. The van der Waals surface area contributed by atoms with E-state index in [1.165, 1.54) is 16.2 Å². The van der Waals surface area contributed by atoms with Crippen molar-refractivity contribution in [3.8, 4) is 0 Å². The molecule has 6 nitrogen and oxygen atoms in total. The van der Waals surface area contributed by atoms with Crippen molar-refractivity contribution < 1.29 is 14.7 Å². The summed E-state index contributed by atoms with van der Waals surface area (Å²) in [6.45, 7) is 3.58. The normalized spacial score (nSPS) is 16.2. The summed E-state index contributed by atoms with van der Waals surface area (Å²) in [4.78, 5) is 37.5. The average Bonchev–Trinajstić information content (AvgIpc) is 3.28. The number of ketones is 1. The van der Waals surface area contributed by atoms with Crippen LogP contribution in [0.5, 0.6) is 0 Å². The van der Waals surface area contributed by atoms with E-state index in [-0.39, 0.29) is 5.57 Å². The Balaban J connectivity index is 1.73. The highest BCUT2D eigenvalue weighted by atomic mass is 32.1. The van der Waals surface area contributed by atoms with E-state index in [4.69, 9.17) is 0 Å². The molecule has 1 aliphatic rings. The van der Waals surface area contributed by atoms with Gasteiger partial charge in [0.15, 0.2) is 5.76 Å². The van der Waals surface area contributed by atoms with Crippen LogP contribution in [0, 0.1) is 13.8 Å². The van der Waals surface area contributed by atoms with E-state index in [1.54, 1.807) is 31.5 Å². The summed E-state index contributed by atoms with van der Waals surface area (Å²) in [5, 5.41) is 13.5. The Morgan fingerprint density at radius 1 is 1.06 bits per heavy atom. The molecule has 0 saturated carbocycles. The molecular formula is C25H19N3O3S. The zero-order valence-electron chi connectivity index (χ0n) is 17.4. The second kappa shape index (κ2) is 7.69. The van der Waals surface area contributed by atoms with Crippen LogP contribution in [0.2, 0.25) is 0 Å². The molecule has 158 valence electrons. The van der Waals surface area contributed by atoms with Crippen LogP contribution in [0.15, 0.2) is 78.3 Å². The van der Waals surface area contributed by atoms with E-state index in [1.807, 2.05) is 49.4 Å². The predicted octanol–water partition coefficient (Wildman–Crippen LogP) is 5.09. The van der Waals surface area contributed by atoms with Gasteiger partial charge in [-0.25, -0.2) is 4.98 Å². The molecule has 4 aromatic rings. The van der Waals surface area contributed by atoms with Gasteiger partial charge in [0.2, 0.25) is 5.78 Å². The number of carbonyl (C=O) groups is 2. The van der Waals surface area contributed by atoms with Gasteiger partial charge >= 0.3 is 0 Å². The molecule has 5 rings (SSSR count). The summed E-state index contributed by atoms with van der Waals surface area (Å²) < 4.78 is 0. The van der Waals surface area contributed by atoms with Gasteiger partial charge in [-0.1, -0.05) is 42.5 Å². The topological polar surface area (TPSA) is 83.4 Å². The maximum absolute atomic E-state index is 13.6. The summed E-state index contributed by atoms with van der Waals surface area (Å²) in [5.74, 6) is -1.55. The van der Waals surface area contributed by atoms with Gasteiger partial charge in [-0.3, -0.25) is 19.5 Å². The summed E-state index contributed by atoms with van der Waals surface area (Å²) >= 11 is 1.26. The lowest BCUT2D eigenvalue weighted by atomic mass is 9.95. The smallest absolute Gasteiger partial charge is 0.294 e. The van der Waals surface area contributed by atoms with Crippen molar-refractivity contribution in [2.24, 2.45) is 0 Å². The van der Waals surface area contributed by atoms with E-state index in [2.05, 4.69) is 9.97 Å². The van der Waals surface area contributed by atoms with Crippen LogP contribution in [0.1, 0.15) is 32.0 Å². The number of thiazole rings is 1. The highest BCUT2D eigenvalue weighted by Crippen LogP contribution is 2.44. The first-order valence-electron chi connectivity index (χ1n) is 10.1. The average molecular weight is 442 g/mol. The van der Waals surface area contributed by atoms with Gasteiger partial charge < -0.3 is 5.11 Å². The first-order valence-corrected chi connectivity index (χ1v) is 10.9. The Morgan fingerprint density at radius 3 is 2.56 bits per heavy atom. The Bertz CT molecular complexity index is 1400. The summed E-state index contributed by atoms with van der Waals surface area (Å²) in [6, 6.07) is 16.1. The predicted molar refractivity (Wildman–Crippen MR) is 124 cm³/mol. The second-order valence-corrected chi connectivity index (χ2v) is 8.80. The minimum atomic E-state index is -0.809. The fourth-order valence-electron chi connectivity index (χ4n) is 4.22. The molecule has 2 aromatic heterocycles. The van der Waals surface area contributed by atoms with Crippen LogP contribution in [0.4, 0.5) is 5.69 Å². The lowest BCUT2D eigenvalue weighted by Gasteiger charge is -2.27. The van der Waals surface area contributed by atoms with Crippen LogP contribution in [0.3, 0.4) is 0 Å². The SMILES string of the molecule is Cc1nc(C)c(C(=O)C2=C(O)C(=O)N(c3cccc4ccccc34)C2c2cccnc2)s1. The molecule has 32 heavy (non-hydrogen) atoms. The molecule has 1 atom stereocenters. The first kappa shape index (κ1) is 20.1. The molecule has 1 N–H and O–H groups in total. The van der Waals surface area contributed by atoms with Gasteiger partial charge in [0.05, 0.1) is 32.9 Å². The molecule has 0 fully saturated rings. The molecular weight excluding hydrogens is 422 g/mol. The van der Waals surface area contributed by atoms with Gasteiger partial charge in [0.25, 0.3) is 5.91 Å². The number of rotatable bonds is 4. The third kappa shape index (κ3) is 3.09. The van der Waals surface area contributed by atoms with Crippen molar-refractivity contribution >= 4 is 39.5 Å².